The molecule has 0 saturated heterocycles. The monoisotopic (exact) mass is 213 g/mol. The first kappa shape index (κ1) is 12.5. The van der Waals surface area contributed by atoms with Crippen LogP contribution in [0.3, 0.4) is 0 Å². The molecule has 3 nitrogen and oxygen atoms in total. The van der Waals surface area contributed by atoms with Crippen LogP contribution in [0.4, 0.5) is 0 Å². The highest BCUT2D eigenvalue weighted by atomic mass is 16.4. The average molecular weight is 213 g/mol. The standard InChI is InChI=1S/C12H23NO2/c1-5-12(6-2,11(14)15)13(4)9(3)10-7-8-10/h9-10H,5-8H2,1-4H3,(H,14,15). The third-order valence-electron chi connectivity index (χ3n) is 4.16. The normalized spacial score (nSPS) is 19.3. The lowest BCUT2D eigenvalue weighted by Crippen LogP contribution is -2.55. The lowest BCUT2D eigenvalue weighted by atomic mass is 9.89. The third kappa shape index (κ3) is 2.17. The maximum Gasteiger partial charge on any atom is 0.324 e. The lowest BCUT2D eigenvalue weighted by molar-refractivity contribution is -0.153. The number of carboxylic acids is 1. The number of nitrogens with zero attached hydrogens (tertiary/aromatic N) is 1. The van der Waals surface area contributed by atoms with E-state index in [1.807, 2.05) is 20.9 Å². The molecule has 0 aromatic rings. The van der Waals surface area contributed by atoms with Crippen LogP contribution in [0.2, 0.25) is 0 Å². The lowest BCUT2D eigenvalue weighted by Gasteiger charge is -2.41. The molecule has 0 aromatic heterocycles. The molecule has 88 valence electrons. The van der Waals surface area contributed by atoms with Crippen molar-refractivity contribution < 1.29 is 9.90 Å². The first-order valence-corrected chi connectivity index (χ1v) is 5.96. The van der Waals surface area contributed by atoms with Crippen LogP contribution in [0.5, 0.6) is 0 Å². The van der Waals surface area contributed by atoms with Gasteiger partial charge >= 0.3 is 5.97 Å². The molecule has 1 aliphatic rings. The molecule has 1 rings (SSSR count). The van der Waals surface area contributed by atoms with Crippen molar-refractivity contribution in [3.8, 4) is 0 Å². The molecule has 1 N–H and O–H groups in total. The molecule has 1 aliphatic carbocycles. The summed E-state index contributed by atoms with van der Waals surface area (Å²) in [5.74, 6) is 0.0364. The summed E-state index contributed by atoms with van der Waals surface area (Å²) in [6.45, 7) is 6.09. The largest absolute Gasteiger partial charge is 0.480 e. The Kier molecular flexibility index (Phi) is 3.77. The fraction of sp³-hybridized carbons (Fsp3) is 0.917. The summed E-state index contributed by atoms with van der Waals surface area (Å²) in [4.78, 5) is 13.5. The van der Waals surface area contributed by atoms with Gasteiger partial charge in [0.2, 0.25) is 0 Å². The van der Waals surface area contributed by atoms with E-state index in [4.69, 9.17) is 0 Å². The van der Waals surface area contributed by atoms with Gasteiger partial charge < -0.3 is 5.11 Å². The number of carbonyl (C=O) groups is 1. The predicted octanol–water partition coefficient (Wildman–Crippen LogP) is 2.36. The summed E-state index contributed by atoms with van der Waals surface area (Å²) < 4.78 is 0. The Labute approximate surface area is 92.5 Å². The van der Waals surface area contributed by atoms with Gasteiger partial charge in [0.05, 0.1) is 0 Å². The predicted molar refractivity (Wildman–Crippen MR) is 60.9 cm³/mol. The third-order valence-corrected chi connectivity index (χ3v) is 4.16. The number of aliphatic carboxylic acids is 1. The molecule has 1 atom stereocenters. The fourth-order valence-electron chi connectivity index (χ4n) is 2.49. The maximum atomic E-state index is 11.4. The van der Waals surface area contributed by atoms with Crippen molar-refractivity contribution in [1.29, 1.82) is 0 Å². The summed E-state index contributed by atoms with van der Waals surface area (Å²) >= 11 is 0. The molecule has 3 heteroatoms. The number of carboxylic acid groups (broad SMARTS) is 1. The van der Waals surface area contributed by atoms with Gasteiger partial charge in [-0.3, -0.25) is 9.69 Å². The van der Waals surface area contributed by atoms with E-state index in [0.717, 1.165) is 0 Å². The maximum absolute atomic E-state index is 11.4. The second-order valence-corrected chi connectivity index (χ2v) is 4.73. The molecule has 0 spiro atoms. The first-order chi connectivity index (χ1) is 6.99. The summed E-state index contributed by atoms with van der Waals surface area (Å²) in [5, 5.41) is 9.40. The van der Waals surface area contributed by atoms with E-state index in [9.17, 15) is 9.90 Å². The van der Waals surface area contributed by atoms with Crippen molar-refractivity contribution in [2.45, 2.75) is 58.0 Å². The van der Waals surface area contributed by atoms with Crippen molar-refractivity contribution in [2.75, 3.05) is 7.05 Å². The fourth-order valence-corrected chi connectivity index (χ4v) is 2.49. The van der Waals surface area contributed by atoms with E-state index >= 15 is 0 Å². The van der Waals surface area contributed by atoms with Crippen molar-refractivity contribution in [1.82, 2.24) is 4.90 Å². The Morgan fingerprint density at radius 3 is 2.20 bits per heavy atom. The molecule has 0 radical (unpaired) electrons. The van der Waals surface area contributed by atoms with Crippen LogP contribution < -0.4 is 0 Å². The van der Waals surface area contributed by atoms with Gasteiger partial charge in [-0.2, -0.15) is 0 Å². The quantitative estimate of drug-likeness (QED) is 0.736. The second kappa shape index (κ2) is 4.52. The zero-order chi connectivity index (χ0) is 11.6. The molecule has 0 heterocycles. The van der Waals surface area contributed by atoms with Crippen LogP contribution in [-0.4, -0.2) is 34.6 Å². The molecule has 0 amide bonds. The smallest absolute Gasteiger partial charge is 0.324 e. The van der Waals surface area contributed by atoms with Crippen molar-refractivity contribution in [3.05, 3.63) is 0 Å². The Morgan fingerprint density at radius 2 is 1.93 bits per heavy atom. The van der Waals surface area contributed by atoms with Crippen LogP contribution in [0, 0.1) is 5.92 Å². The molecular formula is C12H23NO2. The van der Waals surface area contributed by atoms with Crippen LogP contribution in [0.25, 0.3) is 0 Å². The Bertz CT molecular complexity index is 232. The number of likely N-dealkylation sites (N-methyl/N-ethyl adjacent to an activating group) is 1. The van der Waals surface area contributed by atoms with E-state index < -0.39 is 11.5 Å². The van der Waals surface area contributed by atoms with Gasteiger partial charge in [0, 0.05) is 6.04 Å². The van der Waals surface area contributed by atoms with E-state index in [1.165, 1.54) is 12.8 Å². The van der Waals surface area contributed by atoms with Gasteiger partial charge in [-0.15, -0.1) is 0 Å². The average Bonchev–Trinajstić information content (AvgIpc) is 3.02. The summed E-state index contributed by atoms with van der Waals surface area (Å²) in [5.41, 5.74) is -0.665. The summed E-state index contributed by atoms with van der Waals surface area (Å²) in [6, 6.07) is 0.390. The van der Waals surface area contributed by atoms with Gasteiger partial charge in [0.25, 0.3) is 0 Å². The molecule has 0 aliphatic heterocycles. The number of rotatable bonds is 6. The van der Waals surface area contributed by atoms with Gasteiger partial charge in [-0.1, -0.05) is 13.8 Å². The summed E-state index contributed by atoms with van der Waals surface area (Å²) in [6.07, 6.45) is 3.86. The highest BCUT2D eigenvalue weighted by Gasteiger charge is 2.44. The highest BCUT2D eigenvalue weighted by Crippen LogP contribution is 2.38. The SMILES string of the molecule is CCC(CC)(C(=O)O)N(C)C(C)C1CC1. The molecule has 1 unspecified atom stereocenters. The molecule has 1 fully saturated rings. The molecular weight excluding hydrogens is 190 g/mol. The van der Waals surface area contributed by atoms with Crippen molar-refractivity contribution in [3.63, 3.8) is 0 Å². The van der Waals surface area contributed by atoms with Gasteiger partial charge in [0.15, 0.2) is 0 Å². The molecule has 0 aromatic carbocycles. The van der Waals surface area contributed by atoms with E-state index in [1.54, 1.807) is 0 Å². The van der Waals surface area contributed by atoms with Gasteiger partial charge in [-0.25, -0.2) is 0 Å². The van der Waals surface area contributed by atoms with E-state index in [2.05, 4.69) is 11.8 Å². The number of hydrogen-bond acceptors (Lipinski definition) is 2. The molecule has 1 saturated carbocycles. The van der Waals surface area contributed by atoms with Gasteiger partial charge in [0.1, 0.15) is 5.54 Å². The van der Waals surface area contributed by atoms with E-state index in [-0.39, 0.29) is 0 Å². The Balaban J connectivity index is 2.81. The van der Waals surface area contributed by atoms with Crippen molar-refractivity contribution >= 4 is 5.97 Å². The van der Waals surface area contributed by atoms with Crippen LogP contribution in [-0.2, 0) is 4.79 Å². The second-order valence-electron chi connectivity index (χ2n) is 4.73. The molecule has 15 heavy (non-hydrogen) atoms. The van der Waals surface area contributed by atoms with Crippen molar-refractivity contribution in [2.24, 2.45) is 5.92 Å². The summed E-state index contributed by atoms with van der Waals surface area (Å²) in [7, 11) is 1.96. The van der Waals surface area contributed by atoms with Gasteiger partial charge in [-0.05, 0) is 45.6 Å². The Hall–Kier alpha value is -0.570. The molecule has 0 bridgehead atoms. The number of hydrogen-bond donors (Lipinski definition) is 1. The first-order valence-electron chi connectivity index (χ1n) is 5.96. The van der Waals surface area contributed by atoms with Crippen LogP contribution in [0.15, 0.2) is 0 Å². The highest BCUT2D eigenvalue weighted by molar-refractivity contribution is 5.78. The zero-order valence-corrected chi connectivity index (χ0v) is 10.3. The minimum atomic E-state index is -0.678. The zero-order valence-electron chi connectivity index (χ0n) is 10.3. The minimum Gasteiger partial charge on any atom is -0.480 e. The van der Waals surface area contributed by atoms with E-state index in [0.29, 0.717) is 24.8 Å². The van der Waals surface area contributed by atoms with Crippen LogP contribution in [0.1, 0.15) is 46.5 Å². The minimum absolute atomic E-state index is 0.390. The Morgan fingerprint density at radius 1 is 1.47 bits per heavy atom. The van der Waals surface area contributed by atoms with Crippen LogP contribution >= 0.6 is 0 Å². The topological polar surface area (TPSA) is 40.5 Å².